The number of hydroxylamine groups is 1. The standard InChI is InChI=1S/C6H18N3O2/c1-9(2,4-3-8-10)5-6-11-7/h8,10H,3-7H2,1-2H3/q+1. The van der Waals surface area contributed by atoms with Crippen molar-refractivity contribution in [3.63, 3.8) is 0 Å². The maximum Gasteiger partial charge on any atom is 0.117 e. The molecule has 0 rings (SSSR count). The Kier molecular flexibility index (Phi) is 5.35. The molecule has 0 amide bonds. The lowest BCUT2D eigenvalue weighted by molar-refractivity contribution is -0.889. The molecule has 68 valence electrons. The van der Waals surface area contributed by atoms with E-state index in [0.29, 0.717) is 13.2 Å². The Morgan fingerprint density at radius 3 is 2.55 bits per heavy atom. The van der Waals surface area contributed by atoms with Gasteiger partial charge in [-0.05, 0) is 0 Å². The van der Waals surface area contributed by atoms with Gasteiger partial charge in [-0.15, -0.1) is 0 Å². The molecule has 0 saturated carbocycles. The summed E-state index contributed by atoms with van der Waals surface area (Å²) >= 11 is 0. The highest BCUT2D eigenvalue weighted by atomic mass is 16.6. The highest BCUT2D eigenvalue weighted by molar-refractivity contribution is 4.35. The van der Waals surface area contributed by atoms with E-state index in [1.54, 1.807) is 0 Å². The van der Waals surface area contributed by atoms with Crippen molar-refractivity contribution in [1.82, 2.24) is 5.48 Å². The van der Waals surface area contributed by atoms with E-state index >= 15 is 0 Å². The van der Waals surface area contributed by atoms with Crippen LogP contribution in [0.2, 0.25) is 0 Å². The molecule has 0 bridgehead atoms. The molecule has 5 heteroatoms. The lowest BCUT2D eigenvalue weighted by Gasteiger charge is -2.28. The molecule has 0 radical (unpaired) electrons. The number of nitrogens with zero attached hydrogens (tertiary/aromatic N) is 1. The van der Waals surface area contributed by atoms with E-state index in [2.05, 4.69) is 24.4 Å². The Morgan fingerprint density at radius 1 is 1.45 bits per heavy atom. The number of nitrogens with two attached hydrogens (primary N) is 1. The average molecular weight is 164 g/mol. The Labute approximate surface area is 67.2 Å². The van der Waals surface area contributed by atoms with Gasteiger partial charge in [-0.25, -0.2) is 5.90 Å². The summed E-state index contributed by atoms with van der Waals surface area (Å²) in [5.74, 6) is 4.89. The summed E-state index contributed by atoms with van der Waals surface area (Å²) in [6, 6.07) is 0. The summed E-state index contributed by atoms with van der Waals surface area (Å²) in [6.45, 7) is 2.81. The lowest BCUT2D eigenvalue weighted by atomic mass is 10.4. The minimum absolute atomic E-state index is 0.540. The maximum absolute atomic E-state index is 8.34. The number of hydrogen-bond donors (Lipinski definition) is 3. The number of rotatable bonds is 6. The van der Waals surface area contributed by atoms with Gasteiger partial charge in [0.1, 0.15) is 13.2 Å². The molecule has 0 saturated heterocycles. The van der Waals surface area contributed by atoms with Crippen LogP contribution < -0.4 is 11.4 Å². The SMILES string of the molecule is C[N+](C)(CCNO)CCON. The van der Waals surface area contributed by atoms with Crippen LogP contribution >= 0.6 is 0 Å². The van der Waals surface area contributed by atoms with Crippen LogP contribution in [0, 0.1) is 0 Å². The van der Waals surface area contributed by atoms with E-state index in [0.717, 1.165) is 17.6 Å². The predicted molar refractivity (Wildman–Crippen MR) is 41.8 cm³/mol. The van der Waals surface area contributed by atoms with Crippen molar-refractivity contribution >= 4 is 0 Å². The summed E-state index contributed by atoms with van der Waals surface area (Å²) in [7, 11) is 4.10. The zero-order valence-electron chi connectivity index (χ0n) is 7.21. The van der Waals surface area contributed by atoms with E-state index in [9.17, 15) is 0 Å². The summed E-state index contributed by atoms with van der Waals surface area (Å²) in [6.07, 6.45) is 0. The average Bonchev–Trinajstić information content (AvgIpc) is 1.97. The first kappa shape index (κ1) is 10.8. The molecule has 0 spiro atoms. The fourth-order valence-corrected chi connectivity index (χ4v) is 0.764. The van der Waals surface area contributed by atoms with Gasteiger partial charge < -0.3 is 9.69 Å². The van der Waals surface area contributed by atoms with Gasteiger partial charge >= 0.3 is 0 Å². The van der Waals surface area contributed by atoms with Gasteiger partial charge in [-0.1, -0.05) is 0 Å². The molecule has 0 unspecified atom stereocenters. The molecule has 11 heavy (non-hydrogen) atoms. The first-order valence-electron chi connectivity index (χ1n) is 3.63. The van der Waals surface area contributed by atoms with Gasteiger partial charge in [0.05, 0.1) is 27.2 Å². The molecule has 4 N–H and O–H groups in total. The molecule has 0 heterocycles. The predicted octanol–water partition coefficient (Wildman–Crippen LogP) is -1.07. The van der Waals surface area contributed by atoms with Gasteiger partial charge in [-0.2, -0.15) is 5.48 Å². The molecular weight excluding hydrogens is 146 g/mol. The number of quaternary nitrogens is 1. The second-order valence-corrected chi connectivity index (χ2v) is 3.16. The molecule has 0 atom stereocenters. The van der Waals surface area contributed by atoms with E-state index in [1.165, 1.54) is 0 Å². The van der Waals surface area contributed by atoms with Gasteiger partial charge in [0.25, 0.3) is 0 Å². The summed E-state index contributed by atoms with van der Waals surface area (Å²) in [5.41, 5.74) is 2.11. The van der Waals surface area contributed by atoms with Crippen molar-refractivity contribution in [2.75, 3.05) is 40.3 Å². The molecule has 0 aliphatic rings. The normalized spacial score (nSPS) is 12.0. The minimum Gasteiger partial charge on any atom is -0.325 e. The molecule has 0 aliphatic carbocycles. The Balaban J connectivity index is 3.43. The van der Waals surface area contributed by atoms with Crippen LogP contribution in [0.5, 0.6) is 0 Å². The second-order valence-electron chi connectivity index (χ2n) is 3.16. The van der Waals surface area contributed by atoms with Crippen molar-refractivity contribution in [3.05, 3.63) is 0 Å². The molecule has 0 aromatic rings. The zero-order chi connectivity index (χ0) is 8.74. The van der Waals surface area contributed by atoms with E-state index < -0.39 is 0 Å². The van der Waals surface area contributed by atoms with Crippen LogP contribution in [0.15, 0.2) is 0 Å². The number of likely N-dealkylation sites (N-methyl/N-ethyl adjacent to an activating group) is 1. The molecule has 0 aromatic carbocycles. The van der Waals surface area contributed by atoms with Gasteiger partial charge in [0.2, 0.25) is 0 Å². The van der Waals surface area contributed by atoms with Crippen LogP contribution in [0.1, 0.15) is 0 Å². The zero-order valence-corrected chi connectivity index (χ0v) is 7.21. The van der Waals surface area contributed by atoms with Crippen LogP contribution in [0.4, 0.5) is 0 Å². The van der Waals surface area contributed by atoms with Crippen molar-refractivity contribution in [2.45, 2.75) is 0 Å². The fraction of sp³-hybridized carbons (Fsp3) is 1.00. The van der Waals surface area contributed by atoms with Crippen LogP contribution in [-0.4, -0.2) is 50.0 Å². The maximum atomic E-state index is 8.34. The monoisotopic (exact) mass is 164 g/mol. The largest absolute Gasteiger partial charge is 0.325 e. The Morgan fingerprint density at radius 2 is 2.09 bits per heavy atom. The van der Waals surface area contributed by atoms with Crippen molar-refractivity contribution in [1.29, 1.82) is 0 Å². The van der Waals surface area contributed by atoms with E-state index in [1.807, 2.05) is 0 Å². The summed E-state index contributed by atoms with van der Waals surface area (Å²) < 4.78 is 0.783. The third-order valence-electron chi connectivity index (χ3n) is 1.64. The highest BCUT2D eigenvalue weighted by Crippen LogP contribution is 1.93. The smallest absolute Gasteiger partial charge is 0.117 e. The Bertz CT molecular complexity index is 87.8. The van der Waals surface area contributed by atoms with Crippen molar-refractivity contribution in [3.8, 4) is 0 Å². The second kappa shape index (κ2) is 5.45. The summed E-state index contributed by atoms with van der Waals surface area (Å²) in [4.78, 5) is 4.46. The van der Waals surface area contributed by atoms with Gasteiger partial charge in [0, 0.05) is 0 Å². The van der Waals surface area contributed by atoms with E-state index in [-0.39, 0.29) is 0 Å². The van der Waals surface area contributed by atoms with E-state index in [4.69, 9.17) is 11.1 Å². The quantitative estimate of drug-likeness (QED) is 0.345. The third-order valence-corrected chi connectivity index (χ3v) is 1.64. The Hall–Kier alpha value is -0.200. The van der Waals surface area contributed by atoms with Crippen LogP contribution in [0.3, 0.4) is 0 Å². The number of nitrogens with one attached hydrogen (secondary N) is 1. The molecule has 0 fully saturated rings. The van der Waals surface area contributed by atoms with Crippen molar-refractivity contribution in [2.24, 2.45) is 5.90 Å². The summed E-state index contributed by atoms with van der Waals surface area (Å²) in [5, 5.41) is 8.34. The number of hydrogen-bond acceptors (Lipinski definition) is 4. The fourth-order valence-electron chi connectivity index (χ4n) is 0.764. The van der Waals surface area contributed by atoms with Crippen molar-refractivity contribution < 1.29 is 14.5 Å². The first-order chi connectivity index (χ1) is 5.12. The third kappa shape index (κ3) is 6.21. The molecule has 0 aromatic heterocycles. The highest BCUT2D eigenvalue weighted by Gasteiger charge is 2.12. The lowest BCUT2D eigenvalue weighted by Crippen LogP contribution is -2.46. The molecule has 5 nitrogen and oxygen atoms in total. The van der Waals surface area contributed by atoms with Gasteiger partial charge in [0.15, 0.2) is 0 Å². The van der Waals surface area contributed by atoms with Crippen LogP contribution in [-0.2, 0) is 4.84 Å². The minimum atomic E-state index is 0.540. The van der Waals surface area contributed by atoms with Crippen LogP contribution in [0.25, 0.3) is 0 Å². The topological polar surface area (TPSA) is 67.5 Å². The first-order valence-corrected chi connectivity index (χ1v) is 3.63. The molecular formula is C6H18N3O2+. The molecule has 0 aliphatic heterocycles. The van der Waals surface area contributed by atoms with Gasteiger partial charge in [-0.3, -0.25) is 4.84 Å².